The molecule has 0 unspecified atom stereocenters. The Bertz CT molecular complexity index is 292. The number of hydrogen-bond donors (Lipinski definition) is 1. The van der Waals surface area contributed by atoms with Crippen LogP contribution < -0.4 is 5.32 Å². The molecule has 1 saturated heterocycles. The summed E-state index contributed by atoms with van der Waals surface area (Å²) in [5.74, 6) is 0. The highest BCUT2D eigenvalue weighted by molar-refractivity contribution is 4.83. The second-order valence-electron chi connectivity index (χ2n) is 9.97. The van der Waals surface area contributed by atoms with Crippen LogP contribution in [0.2, 0.25) is 0 Å². The fourth-order valence-electron chi connectivity index (χ4n) is 5.65. The van der Waals surface area contributed by atoms with E-state index in [0.717, 1.165) is 0 Å². The molecular formula is C26H51N. The van der Waals surface area contributed by atoms with Crippen molar-refractivity contribution in [3.05, 3.63) is 0 Å². The van der Waals surface area contributed by atoms with Gasteiger partial charge in [-0.15, -0.1) is 0 Å². The Labute approximate surface area is 171 Å². The van der Waals surface area contributed by atoms with Crippen LogP contribution in [0.15, 0.2) is 0 Å². The molecule has 0 aromatic carbocycles. The summed E-state index contributed by atoms with van der Waals surface area (Å²) >= 11 is 0. The number of hydrogen-bond acceptors (Lipinski definition) is 1. The van der Waals surface area contributed by atoms with Crippen molar-refractivity contribution in [2.45, 2.75) is 148 Å². The van der Waals surface area contributed by atoms with Crippen LogP contribution in [0.1, 0.15) is 148 Å². The van der Waals surface area contributed by atoms with Gasteiger partial charge in [0.1, 0.15) is 0 Å². The van der Waals surface area contributed by atoms with Crippen LogP contribution in [-0.4, -0.2) is 13.1 Å². The van der Waals surface area contributed by atoms with Crippen molar-refractivity contribution in [2.75, 3.05) is 13.1 Å². The second-order valence-corrected chi connectivity index (χ2v) is 9.97. The molecule has 1 nitrogen and oxygen atoms in total. The fourth-order valence-corrected chi connectivity index (χ4v) is 5.65. The zero-order valence-electron chi connectivity index (χ0n) is 18.7. The minimum atomic E-state index is 0.697. The molecule has 1 N–H and O–H groups in total. The first-order chi connectivity index (χ1) is 13.4. The van der Waals surface area contributed by atoms with Crippen LogP contribution in [0.3, 0.4) is 0 Å². The van der Waals surface area contributed by atoms with Crippen LogP contribution in [0.4, 0.5) is 0 Å². The molecule has 1 spiro atoms. The summed E-state index contributed by atoms with van der Waals surface area (Å²) in [6.45, 7) is 2.54. The molecule has 2 rings (SSSR count). The highest BCUT2D eigenvalue weighted by Gasteiger charge is 2.29. The van der Waals surface area contributed by atoms with E-state index < -0.39 is 0 Å². The Balaban J connectivity index is 1.72. The topological polar surface area (TPSA) is 12.0 Å². The SMILES string of the molecule is C1CCCCCCCCCCC2(CCCCCCCCC1)CCCNCC2. The van der Waals surface area contributed by atoms with Gasteiger partial charge in [-0.1, -0.05) is 116 Å². The summed E-state index contributed by atoms with van der Waals surface area (Å²) in [7, 11) is 0. The van der Waals surface area contributed by atoms with Gasteiger partial charge in [-0.05, 0) is 50.6 Å². The molecule has 0 radical (unpaired) electrons. The lowest BCUT2D eigenvalue weighted by atomic mass is 9.72. The van der Waals surface area contributed by atoms with Gasteiger partial charge in [0.2, 0.25) is 0 Å². The summed E-state index contributed by atoms with van der Waals surface area (Å²) in [4.78, 5) is 0. The smallest absolute Gasteiger partial charge is 0.00436 e. The highest BCUT2D eigenvalue weighted by atomic mass is 14.9. The Morgan fingerprint density at radius 3 is 1.04 bits per heavy atom. The molecule has 160 valence electrons. The summed E-state index contributed by atoms with van der Waals surface area (Å²) in [6, 6.07) is 0. The third kappa shape index (κ3) is 11.5. The molecule has 0 aromatic heterocycles. The largest absolute Gasteiger partial charge is 0.317 e. The maximum absolute atomic E-state index is 3.67. The van der Waals surface area contributed by atoms with Crippen LogP contribution >= 0.6 is 0 Å². The fraction of sp³-hybridized carbons (Fsp3) is 1.00. The third-order valence-corrected chi connectivity index (χ3v) is 7.56. The maximum atomic E-state index is 3.67. The van der Waals surface area contributed by atoms with E-state index in [1.165, 1.54) is 161 Å². The minimum Gasteiger partial charge on any atom is -0.317 e. The maximum Gasteiger partial charge on any atom is -0.00436 e. The normalized spacial score (nSPS) is 26.7. The van der Waals surface area contributed by atoms with Crippen molar-refractivity contribution in [3.8, 4) is 0 Å². The van der Waals surface area contributed by atoms with Gasteiger partial charge in [0.15, 0.2) is 0 Å². The summed E-state index contributed by atoms with van der Waals surface area (Å²) < 4.78 is 0. The molecule has 0 amide bonds. The first kappa shape index (κ1) is 23.2. The standard InChI is InChI=1S/C26H51N/c1-2-4-6-8-10-12-14-16-18-21-26(22-19-24-27-25-23-26)20-17-15-13-11-9-7-5-3-1/h27H,1-25H2. The molecule has 1 aliphatic heterocycles. The van der Waals surface area contributed by atoms with Crippen molar-refractivity contribution in [3.63, 3.8) is 0 Å². The Morgan fingerprint density at radius 1 is 0.296 bits per heavy atom. The average molecular weight is 378 g/mol. The predicted octanol–water partition coefficient (Wildman–Crippen LogP) is 8.56. The Morgan fingerprint density at radius 2 is 0.630 bits per heavy atom. The third-order valence-electron chi connectivity index (χ3n) is 7.56. The summed E-state index contributed by atoms with van der Waals surface area (Å²) in [5.41, 5.74) is 0.697. The van der Waals surface area contributed by atoms with E-state index in [-0.39, 0.29) is 0 Å². The average Bonchev–Trinajstić information content (AvgIpc) is 2.92. The van der Waals surface area contributed by atoms with Crippen molar-refractivity contribution in [1.29, 1.82) is 0 Å². The molecule has 1 aliphatic carbocycles. The second kappa shape index (κ2) is 15.8. The molecule has 0 aromatic rings. The number of rotatable bonds is 0. The van der Waals surface area contributed by atoms with Crippen LogP contribution in [0, 0.1) is 5.41 Å². The van der Waals surface area contributed by atoms with E-state index in [0.29, 0.717) is 5.41 Å². The van der Waals surface area contributed by atoms with E-state index in [2.05, 4.69) is 5.32 Å². The van der Waals surface area contributed by atoms with Crippen LogP contribution in [0.25, 0.3) is 0 Å². The Hall–Kier alpha value is -0.0400. The van der Waals surface area contributed by atoms with Crippen molar-refractivity contribution in [2.24, 2.45) is 5.41 Å². The lowest BCUT2D eigenvalue weighted by molar-refractivity contribution is 0.194. The van der Waals surface area contributed by atoms with Gasteiger partial charge in [0.25, 0.3) is 0 Å². The molecule has 27 heavy (non-hydrogen) atoms. The molecule has 1 heterocycles. The van der Waals surface area contributed by atoms with Crippen LogP contribution in [0.5, 0.6) is 0 Å². The predicted molar refractivity (Wildman–Crippen MR) is 121 cm³/mol. The Kier molecular flexibility index (Phi) is 13.6. The van der Waals surface area contributed by atoms with Crippen molar-refractivity contribution in [1.82, 2.24) is 5.32 Å². The van der Waals surface area contributed by atoms with E-state index >= 15 is 0 Å². The molecule has 2 aliphatic rings. The lowest BCUT2D eigenvalue weighted by Gasteiger charge is -2.33. The van der Waals surface area contributed by atoms with E-state index in [4.69, 9.17) is 0 Å². The van der Waals surface area contributed by atoms with Crippen molar-refractivity contribution >= 4 is 0 Å². The van der Waals surface area contributed by atoms with Crippen LogP contribution in [-0.2, 0) is 0 Å². The molecule has 2 fully saturated rings. The quantitative estimate of drug-likeness (QED) is 0.445. The zero-order chi connectivity index (χ0) is 18.9. The van der Waals surface area contributed by atoms with Gasteiger partial charge >= 0.3 is 0 Å². The van der Waals surface area contributed by atoms with Crippen molar-refractivity contribution < 1.29 is 0 Å². The van der Waals surface area contributed by atoms with E-state index in [1.807, 2.05) is 0 Å². The lowest BCUT2D eigenvalue weighted by Crippen LogP contribution is -2.23. The van der Waals surface area contributed by atoms with Gasteiger partial charge < -0.3 is 5.32 Å². The van der Waals surface area contributed by atoms with E-state index in [1.54, 1.807) is 0 Å². The van der Waals surface area contributed by atoms with Gasteiger partial charge in [-0.3, -0.25) is 0 Å². The molecule has 1 saturated carbocycles. The van der Waals surface area contributed by atoms with Gasteiger partial charge in [-0.2, -0.15) is 0 Å². The molecule has 0 atom stereocenters. The van der Waals surface area contributed by atoms with Gasteiger partial charge in [-0.25, -0.2) is 0 Å². The first-order valence-electron chi connectivity index (χ1n) is 13.1. The summed E-state index contributed by atoms with van der Waals surface area (Å²) in [5, 5.41) is 3.67. The van der Waals surface area contributed by atoms with Gasteiger partial charge in [0, 0.05) is 0 Å². The monoisotopic (exact) mass is 377 g/mol. The first-order valence-corrected chi connectivity index (χ1v) is 13.1. The minimum absolute atomic E-state index is 0.697. The molecular weight excluding hydrogens is 326 g/mol. The molecule has 1 heteroatoms. The zero-order valence-corrected chi connectivity index (χ0v) is 18.7. The van der Waals surface area contributed by atoms with Gasteiger partial charge in [0.05, 0.1) is 0 Å². The highest BCUT2D eigenvalue weighted by Crippen LogP contribution is 2.40. The summed E-state index contributed by atoms with van der Waals surface area (Å²) in [6.07, 6.45) is 34.3. The number of nitrogens with one attached hydrogen (secondary N) is 1. The van der Waals surface area contributed by atoms with E-state index in [9.17, 15) is 0 Å². The molecule has 0 bridgehead atoms.